The summed E-state index contributed by atoms with van der Waals surface area (Å²) in [5.74, 6) is -0.694. The van der Waals surface area contributed by atoms with Gasteiger partial charge in [0.2, 0.25) is 12.2 Å². The van der Waals surface area contributed by atoms with Crippen molar-refractivity contribution < 1.29 is 38.2 Å². The summed E-state index contributed by atoms with van der Waals surface area (Å²) in [6, 6.07) is 32.1. The summed E-state index contributed by atoms with van der Waals surface area (Å²) in [5.41, 5.74) is 3.38. The SMILES string of the molecule is CC(C)(c1ccccc1)c1ccc(OC(=O)N(C(=O)Oc2ccc(C(C)(C)c3ccccc3)cc2)C(CCCCN=C=O)C(=O)OCCN=C=O)cc1. The number of ether oxygens (including phenoxy) is 3. The molecule has 4 aromatic carbocycles. The average Bonchev–Trinajstić information content (AvgIpc) is 3.17. The van der Waals surface area contributed by atoms with Crippen LogP contribution in [0, 0.1) is 0 Å². The van der Waals surface area contributed by atoms with Gasteiger partial charge in [-0.05, 0) is 65.8 Å². The fourth-order valence-corrected chi connectivity index (χ4v) is 5.81. The van der Waals surface area contributed by atoms with Gasteiger partial charge in [0, 0.05) is 10.8 Å². The topological polar surface area (TPSA) is 141 Å². The standard InChI is InChI=1S/C42H43N3O8/c1-41(2,31-13-7-5-8-14-31)33-18-22-35(23-19-33)52-39(49)45(37(17-11-12-26-43-29-46)38(48)51-28-27-44-30-47)40(50)53-36-24-20-34(21-25-36)42(3,4)32-15-9-6-10-16-32/h5-10,13-16,18-25,37H,11-12,17,26-28H2,1-4H3. The molecule has 0 aliphatic heterocycles. The lowest BCUT2D eigenvalue weighted by Crippen LogP contribution is -2.51. The highest BCUT2D eigenvalue weighted by Gasteiger charge is 2.39. The lowest BCUT2D eigenvalue weighted by molar-refractivity contribution is -0.148. The Morgan fingerprint density at radius 2 is 1.02 bits per heavy atom. The molecular formula is C42H43N3O8. The van der Waals surface area contributed by atoms with Crippen LogP contribution >= 0.6 is 0 Å². The van der Waals surface area contributed by atoms with E-state index in [9.17, 15) is 24.0 Å². The molecule has 53 heavy (non-hydrogen) atoms. The third-order valence-electron chi connectivity index (χ3n) is 9.10. The van der Waals surface area contributed by atoms with E-state index in [1.54, 1.807) is 24.3 Å². The van der Waals surface area contributed by atoms with E-state index in [1.807, 2.05) is 84.9 Å². The molecule has 0 aliphatic carbocycles. The zero-order valence-electron chi connectivity index (χ0n) is 30.3. The van der Waals surface area contributed by atoms with Gasteiger partial charge < -0.3 is 14.2 Å². The van der Waals surface area contributed by atoms with Gasteiger partial charge in [-0.25, -0.2) is 34.0 Å². The lowest BCUT2D eigenvalue weighted by atomic mass is 9.78. The zero-order chi connectivity index (χ0) is 38.3. The van der Waals surface area contributed by atoms with Crippen LogP contribution < -0.4 is 9.47 Å². The van der Waals surface area contributed by atoms with Crippen molar-refractivity contribution in [2.75, 3.05) is 19.7 Å². The minimum Gasteiger partial charge on any atom is -0.462 e. The van der Waals surface area contributed by atoms with Gasteiger partial charge in [-0.2, -0.15) is 4.90 Å². The number of hydrogen-bond donors (Lipinski definition) is 0. The lowest BCUT2D eigenvalue weighted by Gasteiger charge is -2.28. The first-order valence-corrected chi connectivity index (χ1v) is 17.3. The van der Waals surface area contributed by atoms with Crippen LogP contribution in [-0.2, 0) is 30.0 Å². The number of hydrogen-bond acceptors (Lipinski definition) is 10. The Labute approximate surface area is 309 Å². The molecule has 0 saturated heterocycles. The molecule has 11 heteroatoms. The first-order chi connectivity index (χ1) is 25.5. The third-order valence-corrected chi connectivity index (χ3v) is 9.10. The molecule has 0 N–H and O–H groups in total. The van der Waals surface area contributed by atoms with Crippen LogP contribution in [-0.4, -0.2) is 61.0 Å². The summed E-state index contributed by atoms with van der Waals surface area (Å²) in [5, 5.41) is 0. The minimum atomic E-state index is -1.50. The molecular weight excluding hydrogens is 674 g/mol. The van der Waals surface area contributed by atoms with Gasteiger partial charge in [0.1, 0.15) is 24.1 Å². The van der Waals surface area contributed by atoms with Gasteiger partial charge in [-0.15, -0.1) is 0 Å². The number of esters is 1. The second-order valence-electron chi connectivity index (χ2n) is 13.3. The fourth-order valence-electron chi connectivity index (χ4n) is 5.81. The fraction of sp³-hybridized carbons (Fsp3) is 0.310. The first-order valence-electron chi connectivity index (χ1n) is 17.3. The summed E-state index contributed by atoms with van der Waals surface area (Å²) >= 11 is 0. The molecule has 0 aromatic heterocycles. The van der Waals surface area contributed by atoms with E-state index in [0.717, 1.165) is 22.3 Å². The van der Waals surface area contributed by atoms with E-state index in [-0.39, 0.29) is 54.9 Å². The number of carbonyl (C=O) groups excluding carboxylic acids is 5. The van der Waals surface area contributed by atoms with Crippen LogP contribution in [0.3, 0.4) is 0 Å². The molecule has 4 aromatic rings. The van der Waals surface area contributed by atoms with Crippen LogP contribution in [0.4, 0.5) is 9.59 Å². The Balaban J connectivity index is 1.62. The molecule has 1 atom stereocenters. The van der Waals surface area contributed by atoms with Crippen LogP contribution in [0.15, 0.2) is 119 Å². The van der Waals surface area contributed by atoms with Crippen molar-refractivity contribution in [2.24, 2.45) is 9.98 Å². The number of carbonyl (C=O) groups is 3. The summed E-state index contributed by atoms with van der Waals surface area (Å²) in [6.45, 7) is 7.98. The van der Waals surface area contributed by atoms with Gasteiger partial charge >= 0.3 is 18.2 Å². The van der Waals surface area contributed by atoms with E-state index < -0.39 is 24.2 Å². The van der Waals surface area contributed by atoms with Crippen LogP contribution in [0.25, 0.3) is 0 Å². The molecule has 0 fully saturated rings. The number of aliphatic imine (C=N–C) groups is 2. The van der Waals surface area contributed by atoms with Crippen molar-refractivity contribution in [1.82, 2.24) is 4.90 Å². The maximum Gasteiger partial charge on any atom is 0.425 e. The van der Waals surface area contributed by atoms with Crippen molar-refractivity contribution in [1.29, 1.82) is 0 Å². The van der Waals surface area contributed by atoms with Gasteiger partial charge in [-0.3, -0.25) is 0 Å². The Hall–Kier alpha value is -6.15. The first kappa shape index (κ1) is 39.6. The smallest absolute Gasteiger partial charge is 0.425 e. The molecule has 274 valence electrons. The number of benzene rings is 4. The van der Waals surface area contributed by atoms with Gasteiger partial charge in [0.15, 0.2) is 0 Å². The molecule has 0 saturated carbocycles. The van der Waals surface area contributed by atoms with Crippen molar-refractivity contribution >= 4 is 30.3 Å². The summed E-state index contributed by atoms with van der Waals surface area (Å²) in [7, 11) is 0. The van der Waals surface area contributed by atoms with Gasteiger partial charge in [0.25, 0.3) is 0 Å². The average molecular weight is 718 g/mol. The summed E-state index contributed by atoms with van der Waals surface area (Å²) in [4.78, 5) is 69.9. The molecule has 1 unspecified atom stereocenters. The molecule has 11 nitrogen and oxygen atoms in total. The Kier molecular flexibility index (Phi) is 14.1. The van der Waals surface area contributed by atoms with E-state index in [2.05, 4.69) is 37.7 Å². The van der Waals surface area contributed by atoms with Crippen LogP contribution in [0.1, 0.15) is 69.2 Å². The quantitative estimate of drug-likeness (QED) is 0.0490. The second kappa shape index (κ2) is 18.9. The molecule has 0 heterocycles. The van der Waals surface area contributed by atoms with Crippen molar-refractivity contribution in [2.45, 2.75) is 63.8 Å². The normalized spacial score (nSPS) is 11.6. The van der Waals surface area contributed by atoms with Crippen molar-refractivity contribution in [3.05, 3.63) is 131 Å². The number of imide groups is 1. The Morgan fingerprint density at radius 3 is 1.45 bits per heavy atom. The number of rotatable bonds is 16. The maximum atomic E-state index is 13.9. The maximum absolute atomic E-state index is 13.9. The predicted octanol–water partition coefficient (Wildman–Crippen LogP) is 8.09. The Bertz CT molecular complexity index is 1810. The largest absolute Gasteiger partial charge is 0.462 e. The van der Waals surface area contributed by atoms with Crippen LogP contribution in [0.5, 0.6) is 11.5 Å². The highest BCUT2D eigenvalue weighted by Crippen LogP contribution is 2.34. The molecule has 0 bridgehead atoms. The van der Waals surface area contributed by atoms with Crippen molar-refractivity contribution in [3.8, 4) is 11.5 Å². The molecule has 2 amide bonds. The van der Waals surface area contributed by atoms with E-state index in [0.29, 0.717) is 11.3 Å². The van der Waals surface area contributed by atoms with E-state index in [4.69, 9.17) is 14.2 Å². The predicted molar refractivity (Wildman–Crippen MR) is 198 cm³/mol. The number of unbranched alkanes of at least 4 members (excludes halogenated alkanes) is 1. The second-order valence-corrected chi connectivity index (χ2v) is 13.3. The number of isocyanates is 2. The highest BCUT2D eigenvalue weighted by atomic mass is 16.6. The van der Waals surface area contributed by atoms with E-state index in [1.165, 1.54) is 12.2 Å². The highest BCUT2D eigenvalue weighted by molar-refractivity contribution is 5.95. The summed E-state index contributed by atoms with van der Waals surface area (Å²) < 4.78 is 16.7. The third kappa shape index (κ3) is 10.7. The van der Waals surface area contributed by atoms with Gasteiger partial charge in [0.05, 0.1) is 13.1 Å². The molecule has 4 rings (SSSR count). The number of amides is 2. The minimum absolute atomic E-state index is 0.0667. The van der Waals surface area contributed by atoms with Crippen molar-refractivity contribution in [3.63, 3.8) is 0 Å². The van der Waals surface area contributed by atoms with Crippen LogP contribution in [0.2, 0.25) is 0 Å². The zero-order valence-corrected chi connectivity index (χ0v) is 30.3. The number of nitrogens with zero attached hydrogens (tertiary/aromatic N) is 3. The summed E-state index contributed by atoms with van der Waals surface area (Å²) in [6.07, 6.45) is 1.02. The molecule has 0 aliphatic rings. The molecule has 0 spiro atoms. The van der Waals surface area contributed by atoms with E-state index >= 15 is 0 Å². The Morgan fingerprint density at radius 1 is 0.604 bits per heavy atom. The van der Waals surface area contributed by atoms with Gasteiger partial charge in [-0.1, -0.05) is 113 Å². The monoisotopic (exact) mass is 717 g/mol. The molecule has 0 radical (unpaired) electrons.